The lowest BCUT2D eigenvalue weighted by atomic mass is 10.1. The molecule has 0 aromatic heterocycles. The molecule has 3 atom stereocenters. The van der Waals surface area contributed by atoms with Crippen LogP contribution in [0, 0.1) is 5.92 Å². The van der Waals surface area contributed by atoms with Crippen LogP contribution in [0.25, 0.3) is 0 Å². The summed E-state index contributed by atoms with van der Waals surface area (Å²) in [6, 6.07) is 0.724. The largest absolute Gasteiger partial charge is 0.355 e. The number of rotatable bonds is 3. The van der Waals surface area contributed by atoms with Crippen LogP contribution >= 0.6 is 0 Å². The molecule has 2 fully saturated rings. The minimum atomic E-state index is 0.372. The molecule has 3 heteroatoms. The Labute approximate surface area is 86.2 Å². The van der Waals surface area contributed by atoms with Crippen LogP contribution in [0.4, 0.5) is 0 Å². The van der Waals surface area contributed by atoms with E-state index < -0.39 is 0 Å². The highest BCUT2D eigenvalue weighted by molar-refractivity contribution is 4.81. The van der Waals surface area contributed by atoms with E-state index in [2.05, 4.69) is 12.2 Å². The molecule has 2 aliphatic rings. The molecule has 1 saturated carbocycles. The van der Waals surface area contributed by atoms with E-state index in [0.717, 1.165) is 31.5 Å². The van der Waals surface area contributed by atoms with Gasteiger partial charge in [0.25, 0.3) is 0 Å². The van der Waals surface area contributed by atoms with Gasteiger partial charge in [-0.1, -0.05) is 13.3 Å². The summed E-state index contributed by atoms with van der Waals surface area (Å²) in [5.41, 5.74) is 0. The van der Waals surface area contributed by atoms with Crippen LogP contribution < -0.4 is 5.32 Å². The minimum Gasteiger partial charge on any atom is -0.355 e. The molecule has 0 aromatic rings. The Morgan fingerprint density at radius 3 is 2.86 bits per heavy atom. The number of hydrogen-bond acceptors (Lipinski definition) is 3. The zero-order valence-corrected chi connectivity index (χ0v) is 9.00. The summed E-state index contributed by atoms with van der Waals surface area (Å²) in [7, 11) is 0. The summed E-state index contributed by atoms with van der Waals surface area (Å²) < 4.78 is 10.6. The van der Waals surface area contributed by atoms with E-state index in [1.54, 1.807) is 0 Å². The monoisotopic (exact) mass is 199 g/mol. The molecule has 1 aliphatic carbocycles. The fourth-order valence-electron chi connectivity index (χ4n) is 2.39. The molecule has 14 heavy (non-hydrogen) atoms. The summed E-state index contributed by atoms with van der Waals surface area (Å²) >= 11 is 0. The predicted molar refractivity (Wildman–Crippen MR) is 55.1 cm³/mol. The van der Waals surface area contributed by atoms with Crippen molar-refractivity contribution in [2.24, 2.45) is 5.92 Å². The van der Waals surface area contributed by atoms with Crippen LogP contribution in [0.1, 0.15) is 32.6 Å². The Kier molecular flexibility index (Phi) is 3.79. The molecule has 0 radical (unpaired) electrons. The maximum absolute atomic E-state index is 5.49. The van der Waals surface area contributed by atoms with Gasteiger partial charge in [0.05, 0.1) is 12.7 Å². The second-order valence-corrected chi connectivity index (χ2v) is 4.53. The van der Waals surface area contributed by atoms with E-state index >= 15 is 0 Å². The van der Waals surface area contributed by atoms with Crippen molar-refractivity contribution in [3.63, 3.8) is 0 Å². The van der Waals surface area contributed by atoms with Crippen molar-refractivity contribution in [1.29, 1.82) is 0 Å². The van der Waals surface area contributed by atoms with Crippen molar-refractivity contribution >= 4 is 0 Å². The maximum Gasteiger partial charge on any atom is 0.147 e. The van der Waals surface area contributed by atoms with Crippen LogP contribution in [0.5, 0.6) is 0 Å². The lowest BCUT2D eigenvalue weighted by Gasteiger charge is -2.25. The van der Waals surface area contributed by atoms with E-state index in [0.29, 0.717) is 12.9 Å². The molecule has 0 bridgehead atoms. The van der Waals surface area contributed by atoms with Crippen LogP contribution in [0.3, 0.4) is 0 Å². The van der Waals surface area contributed by atoms with Gasteiger partial charge < -0.3 is 14.8 Å². The predicted octanol–water partition coefficient (Wildman–Crippen LogP) is 1.53. The van der Waals surface area contributed by atoms with Gasteiger partial charge in [-0.15, -0.1) is 0 Å². The van der Waals surface area contributed by atoms with Gasteiger partial charge in [-0.2, -0.15) is 0 Å². The van der Waals surface area contributed by atoms with E-state index in [1.165, 1.54) is 19.3 Å². The van der Waals surface area contributed by atoms with Crippen molar-refractivity contribution < 1.29 is 9.47 Å². The average molecular weight is 199 g/mol. The zero-order valence-electron chi connectivity index (χ0n) is 9.00. The molecule has 3 unspecified atom stereocenters. The Morgan fingerprint density at radius 1 is 1.29 bits per heavy atom. The second-order valence-electron chi connectivity index (χ2n) is 4.53. The van der Waals surface area contributed by atoms with Gasteiger partial charge in [-0.25, -0.2) is 0 Å². The van der Waals surface area contributed by atoms with Gasteiger partial charge >= 0.3 is 0 Å². The quantitative estimate of drug-likeness (QED) is 0.747. The lowest BCUT2D eigenvalue weighted by molar-refractivity contribution is -0.137. The van der Waals surface area contributed by atoms with Crippen LogP contribution in [-0.2, 0) is 9.47 Å². The van der Waals surface area contributed by atoms with Gasteiger partial charge in [0, 0.05) is 12.6 Å². The van der Waals surface area contributed by atoms with Crippen molar-refractivity contribution in [2.45, 2.75) is 44.8 Å². The molecule has 0 spiro atoms. The molecule has 82 valence electrons. The van der Waals surface area contributed by atoms with Gasteiger partial charge in [0.1, 0.15) is 6.79 Å². The van der Waals surface area contributed by atoms with Crippen LogP contribution in [0.15, 0.2) is 0 Å². The molecule has 1 heterocycles. The van der Waals surface area contributed by atoms with Gasteiger partial charge in [0.15, 0.2) is 0 Å². The SMILES string of the molecule is CC1CCCC1NCC1CCOCO1. The van der Waals surface area contributed by atoms with Crippen LogP contribution in [0.2, 0.25) is 0 Å². The zero-order chi connectivity index (χ0) is 9.80. The molecule has 0 aromatic carbocycles. The lowest BCUT2D eigenvalue weighted by Crippen LogP contribution is -2.40. The summed E-state index contributed by atoms with van der Waals surface area (Å²) in [5.74, 6) is 0.842. The van der Waals surface area contributed by atoms with Crippen molar-refractivity contribution in [3.8, 4) is 0 Å². The first kappa shape index (κ1) is 10.4. The van der Waals surface area contributed by atoms with Gasteiger partial charge in [-0.3, -0.25) is 0 Å². The third-order valence-corrected chi connectivity index (χ3v) is 3.44. The molecule has 2 rings (SSSR count). The minimum absolute atomic E-state index is 0.372. The number of nitrogens with one attached hydrogen (secondary N) is 1. The highest BCUT2D eigenvalue weighted by Gasteiger charge is 2.24. The first-order valence-electron chi connectivity index (χ1n) is 5.79. The normalized spacial score (nSPS) is 38.8. The molecule has 1 N–H and O–H groups in total. The fraction of sp³-hybridized carbons (Fsp3) is 1.00. The molecule has 0 amide bonds. The number of hydrogen-bond donors (Lipinski definition) is 1. The van der Waals surface area contributed by atoms with E-state index in [1.807, 2.05) is 0 Å². The van der Waals surface area contributed by atoms with Gasteiger partial charge in [0.2, 0.25) is 0 Å². The summed E-state index contributed by atoms with van der Waals surface area (Å²) in [4.78, 5) is 0. The first-order chi connectivity index (χ1) is 6.86. The molecule has 1 aliphatic heterocycles. The topological polar surface area (TPSA) is 30.5 Å². The molecular formula is C11H21NO2. The summed E-state index contributed by atoms with van der Waals surface area (Å²) in [5, 5.41) is 3.62. The van der Waals surface area contributed by atoms with Gasteiger partial charge in [-0.05, 0) is 25.2 Å². The summed E-state index contributed by atoms with van der Waals surface area (Å²) in [6.07, 6.45) is 5.51. The first-order valence-corrected chi connectivity index (χ1v) is 5.79. The molecule has 1 saturated heterocycles. The molecular weight excluding hydrogens is 178 g/mol. The fourth-order valence-corrected chi connectivity index (χ4v) is 2.39. The highest BCUT2D eigenvalue weighted by Crippen LogP contribution is 2.24. The molecule has 3 nitrogen and oxygen atoms in total. The Hall–Kier alpha value is -0.120. The Bertz CT molecular complexity index is 169. The van der Waals surface area contributed by atoms with Crippen molar-refractivity contribution in [1.82, 2.24) is 5.32 Å². The van der Waals surface area contributed by atoms with E-state index in [4.69, 9.17) is 9.47 Å². The number of ether oxygens (including phenoxy) is 2. The van der Waals surface area contributed by atoms with Crippen LogP contribution in [-0.4, -0.2) is 32.1 Å². The standard InChI is InChI=1S/C11H21NO2/c1-9-3-2-4-11(9)12-7-10-5-6-13-8-14-10/h9-12H,2-8H2,1H3. The van der Waals surface area contributed by atoms with E-state index in [-0.39, 0.29) is 0 Å². The maximum atomic E-state index is 5.49. The van der Waals surface area contributed by atoms with Crippen molar-refractivity contribution in [2.75, 3.05) is 19.9 Å². The van der Waals surface area contributed by atoms with Crippen molar-refractivity contribution in [3.05, 3.63) is 0 Å². The smallest absolute Gasteiger partial charge is 0.147 e. The Morgan fingerprint density at radius 2 is 2.21 bits per heavy atom. The van der Waals surface area contributed by atoms with E-state index in [9.17, 15) is 0 Å². The average Bonchev–Trinajstić information content (AvgIpc) is 2.63. The summed E-state index contributed by atoms with van der Waals surface area (Å²) in [6.45, 7) is 4.67. The second kappa shape index (κ2) is 5.10. The third-order valence-electron chi connectivity index (χ3n) is 3.44. The third kappa shape index (κ3) is 2.69. The highest BCUT2D eigenvalue weighted by atomic mass is 16.7. The Balaban J connectivity index is 1.65.